The molecule has 0 radical (unpaired) electrons. The van der Waals surface area contributed by atoms with Gasteiger partial charge in [-0.15, -0.1) is 0 Å². The van der Waals surface area contributed by atoms with Crippen LogP contribution in [0.1, 0.15) is 19.0 Å². The molecule has 0 unspecified atom stereocenters. The van der Waals surface area contributed by atoms with Gasteiger partial charge in [0.05, 0.1) is 17.9 Å². The van der Waals surface area contributed by atoms with Gasteiger partial charge in [0.25, 0.3) is 0 Å². The molecule has 0 saturated heterocycles. The molecule has 0 bridgehead atoms. The van der Waals surface area contributed by atoms with E-state index >= 15 is 0 Å². The average molecular weight is 232 g/mol. The largest absolute Gasteiger partial charge is 0.463 e. The molecule has 2 heterocycles. The summed E-state index contributed by atoms with van der Waals surface area (Å²) >= 11 is 0. The number of aromatic nitrogens is 1. The fourth-order valence-electron chi connectivity index (χ4n) is 1.92. The zero-order valence-electron chi connectivity index (χ0n) is 9.90. The summed E-state index contributed by atoms with van der Waals surface area (Å²) in [7, 11) is 0. The van der Waals surface area contributed by atoms with Gasteiger partial charge in [0, 0.05) is 12.7 Å². The van der Waals surface area contributed by atoms with Gasteiger partial charge in [0.1, 0.15) is 0 Å². The molecule has 0 atom stereocenters. The second kappa shape index (κ2) is 5.59. The minimum absolute atomic E-state index is 0.236. The summed E-state index contributed by atoms with van der Waals surface area (Å²) in [6.07, 6.45) is 2.55. The van der Waals surface area contributed by atoms with Crippen molar-refractivity contribution in [1.82, 2.24) is 10.3 Å². The first-order valence-electron chi connectivity index (χ1n) is 5.84. The molecule has 4 nitrogen and oxygen atoms in total. The van der Waals surface area contributed by atoms with Gasteiger partial charge < -0.3 is 10.1 Å². The number of carbonyl (C=O) groups is 1. The molecule has 0 aromatic carbocycles. The number of pyridine rings is 1. The van der Waals surface area contributed by atoms with E-state index in [4.69, 9.17) is 4.74 Å². The number of carbonyl (C=O) groups excluding carboxylic acids is 1. The van der Waals surface area contributed by atoms with E-state index in [1.807, 2.05) is 25.1 Å². The van der Waals surface area contributed by atoms with Crippen molar-refractivity contribution in [2.45, 2.75) is 13.3 Å². The number of ether oxygens (including phenoxy) is 1. The maximum absolute atomic E-state index is 11.8. The first-order chi connectivity index (χ1) is 8.33. The average Bonchev–Trinajstić information content (AvgIpc) is 2.40. The molecule has 1 N–H and O–H groups in total. The van der Waals surface area contributed by atoms with Gasteiger partial charge >= 0.3 is 5.97 Å². The SMILES string of the molecule is CCOC(=O)C1=C(c2ccccn2)CCNC1. The molecular weight excluding hydrogens is 216 g/mol. The van der Waals surface area contributed by atoms with E-state index in [9.17, 15) is 4.79 Å². The summed E-state index contributed by atoms with van der Waals surface area (Å²) in [6.45, 7) is 3.65. The lowest BCUT2D eigenvalue weighted by atomic mass is 9.98. The lowest BCUT2D eigenvalue weighted by Gasteiger charge is -2.19. The Morgan fingerprint density at radius 1 is 1.53 bits per heavy atom. The Labute approximate surface area is 101 Å². The van der Waals surface area contributed by atoms with E-state index in [1.165, 1.54) is 0 Å². The fraction of sp³-hybridized carbons (Fsp3) is 0.385. The van der Waals surface area contributed by atoms with Gasteiger partial charge in [0.15, 0.2) is 0 Å². The van der Waals surface area contributed by atoms with Crippen molar-refractivity contribution < 1.29 is 9.53 Å². The third kappa shape index (κ3) is 2.71. The number of hydrogen-bond acceptors (Lipinski definition) is 4. The zero-order chi connectivity index (χ0) is 12.1. The molecular formula is C13H16N2O2. The third-order valence-electron chi connectivity index (χ3n) is 2.71. The van der Waals surface area contributed by atoms with Crippen LogP contribution < -0.4 is 5.32 Å². The predicted molar refractivity (Wildman–Crippen MR) is 65.3 cm³/mol. The van der Waals surface area contributed by atoms with Gasteiger partial charge in [-0.2, -0.15) is 0 Å². The first kappa shape index (κ1) is 11.8. The van der Waals surface area contributed by atoms with Crippen LogP contribution in [0.15, 0.2) is 30.0 Å². The summed E-state index contributed by atoms with van der Waals surface area (Å²) in [5.74, 6) is -0.236. The smallest absolute Gasteiger partial charge is 0.335 e. The van der Waals surface area contributed by atoms with E-state index in [-0.39, 0.29) is 5.97 Å². The Bertz CT molecular complexity index is 426. The van der Waals surface area contributed by atoms with Crippen LogP contribution in [0.25, 0.3) is 5.57 Å². The molecule has 0 fully saturated rings. The van der Waals surface area contributed by atoms with E-state index in [0.29, 0.717) is 18.7 Å². The second-order valence-electron chi connectivity index (χ2n) is 3.82. The number of esters is 1. The number of nitrogens with one attached hydrogen (secondary N) is 1. The van der Waals surface area contributed by atoms with Crippen LogP contribution in [-0.4, -0.2) is 30.6 Å². The monoisotopic (exact) mass is 232 g/mol. The van der Waals surface area contributed by atoms with E-state index in [1.54, 1.807) is 6.20 Å². The molecule has 1 aliphatic rings. The summed E-state index contributed by atoms with van der Waals surface area (Å²) < 4.78 is 5.07. The lowest BCUT2D eigenvalue weighted by Crippen LogP contribution is -2.29. The Hall–Kier alpha value is -1.68. The van der Waals surface area contributed by atoms with E-state index in [0.717, 1.165) is 24.2 Å². The molecule has 0 spiro atoms. The van der Waals surface area contributed by atoms with Crippen LogP contribution in [0.3, 0.4) is 0 Å². The standard InChI is InChI=1S/C13H16N2O2/c1-2-17-13(16)11-9-14-8-6-10(11)12-5-3-4-7-15-12/h3-5,7,14H,2,6,8-9H2,1H3. The van der Waals surface area contributed by atoms with Crippen molar-refractivity contribution in [3.05, 3.63) is 35.7 Å². The molecule has 1 aliphatic heterocycles. The van der Waals surface area contributed by atoms with Crippen molar-refractivity contribution >= 4 is 11.5 Å². The van der Waals surface area contributed by atoms with Gasteiger partial charge in [0.2, 0.25) is 0 Å². The fourth-order valence-corrected chi connectivity index (χ4v) is 1.92. The van der Waals surface area contributed by atoms with Crippen LogP contribution in [0.5, 0.6) is 0 Å². The van der Waals surface area contributed by atoms with Crippen LogP contribution in [-0.2, 0) is 9.53 Å². The Morgan fingerprint density at radius 2 is 2.41 bits per heavy atom. The summed E-state index contributed by atoms with van der Waals surface area (Å²) in [5, 5.41) is 3.19. The number of nitrogens with zero attached hydrogens (tertiary/aromatic N) is 1. The third-order valence-corrected chi connectivity index (χ3v) is 2.71. The highest BCUT2D eigenvalue weighted by Gasteiger charge is 2.21. The van der Waals surface area contributed by atoms with Crippen LogP contribution >= 0.6 is 0 Å². The Morgan fingerprint density at radius 3 is 3.12 bits per heavy atom. The van der Waals surface area contributed by atoms with Crippen molar-refractivity contribution in [2.75, 3.05) is 19.7 Å². The molecule has 90 valence electrons. The van der Waals surface area contributed by atoms with Gasteiger partial charge in [-0.3, -0.25) is 4.98 Å². The lowest BCUT2D eigenvalue weighted by molar-refractivity contribution is -0.138. The Kier molecular flexibility index (Phi) is 3.88. The van der Waals surface area contributed by atoms with Gasteiger partial charge in [-0.05, 0) is 37.6 Å². The molecule has 1 aromatic heterocycles. The molecule has 0 amide bonds. The predicted octanol–water partition coefficient (Wildman–Crippen LogP) is 1.39. The highest BCUT2D eigenvalue weighted by Crippen LogP contribution is 2.23. The van der Waals surface area contributed by atoms with Gasteiger partial charge in [-0.25, -0.2) is 4.79 Å². The molecule has 4 heteroatoms. The van der Waals surface area contributed by atoms with Crippen molar-refractivity contribution in [3.8, 4) is 0 Å². The van der Waals surface area contributed by atoms with Crippen LogP contribution in [0.2, 0.25) is 0 Å². The summed E-state index contributed by atoms with van der Waals surface area (Å²) in [5.41, 5.74) is 2.58. The van der Waals surface area contributed by atoms with Crippen LogP contribution in [0.4, 0.5) is 0 Å². The van der Waals surface area contributed by atoms with Crippen molar-refractivity contribution in [3.63, 3.8) is 0 Å². The number of hydrogen-bond donors (Lipinski definition) is 1. The second-order valence-corrected chi connectivity index (χ2v) is 3.82. The normalized spacial score (nSPS) is 15.8. The Balaban J connectivity index is 2.35. The number of rotatable bonds is 3. The summed E-state index contributed by atoms with van der Waals surface area (Å²) in [6, 6.07) is 5.73. The maximum Gasteiger partial charge on any atom is 0.335 e. The van der Waals surface area contributed by atoms with Gasteiger partial charge in [-0.1, -0.05) is 6.07 Å². The molecule has 2 rings (SSSR count). The molecule has 1 aromatic rings. The highest BCUT2D eigenvalue weighted by atomic mass is 16.5. The van der Waals surface area contributed by atoms with Crippen molar-refractivity contribution in [2.24, 2.45) is 0 Å². The van der Waals surface area contributed by atoms with Crippen molar-refractivity contribution in [1.29, 1.82) is 0 Å². The summed E-state index contributed by atoms with van der Waals surface area (Å²) in [4.78, 5) is 16.1. The minimum Gasteiger partial charge on any atom is -0.463 e. The quantitative estimate of drug-likeness (QED) is 0.800. The van der Waals surface area contributed by atoms with Crippen LogP contribution in [0, 0.1) is 0 Å². The van der Waals surface area contributed by atoms with E-state index < -0.39 is 0 Å². The first-order valence-corrected chi connectivity index (χ1v) is 5.84. The molecule has 0 saturated carbocycles. The topological polar surface area (TPSA) is 51.2 Å². The maximum atomic E-state index is 11.8. The molecule has 0 aliphatic carbocycles. The molecule has 17 heavy (non-hydrogen) atoms. The zero-order valence-corrected chi connectivity index (χ0v) is 9.90. The minimum atomic E-state index is -0.236. The highest BCUT2D eigenvalue weighted by molar-refractivity contribution is 5.98. The van der Waals surface area contributed by atoms with E-state index in [2.05, 4.69) is 10.3 Å².